The van der Waals surface area contributed by atoms with E-state index in [4.69, 9.17) is 5.11 Å². The van der Waals surface area contributed by atoms with Crippen molar-refractivity contribution in [2.75, 3.05) is 0 Å². The van der Waals surface area contributed by atoms with Gasteiger partial charge in [0, 0.05) is 16.9 Å². The van der Waals surface area contributed by atoms with Gasteiger partial charge in [-0.15, -0.1) is 0 Å². The van der Waals surface area contributed by atoms with Crippen LogP contribution in [0.2, 0.25) is 0 Å². The second-order valence-corrected chi connectivity index (χ2v) is 8.31. The molecular formula is C20H36O2S. The van der Waals surface area contributed by atoms with Gasteiger partial charge in [0.15, 0.2) is 0 Å². The first-order chi connectivity index (χ1) is 11.2. The van der Waals surface area contributed by atoms with Crippen LogP contribution < -0.4 is 0 Å². The molecule has 0 bridgehead atoms. The lowest BCUT2D eigenvalue weighted by molar-refractivity contribution is -0.137. The van der Waals surface area contributed by atoms with Crippen molar-refractivity contribution in [3.05, 3.63) is 12.2 Å². The molecule has 23 heavy (non-hydrogen) atoms. The second-order valence-electron chi connectivity index (χ2n) is 6.82. The molecule has 0 aromatic rings. The number of hydrogen-bond acceptors (Lipinski definition) is 2. The quantitative estimate of drug-likeness (QED) is 0.195. The summed E-state index contributed by atoms with van der Waals surface area (Å²) in [6.45, 7) is 2.28. The molecule has 0 saturated carbocycles. The van der Waals surface area contributed by atoms with Crippen LogP contribution in [0.1, 0.15) is 96.8 Å². The lowest BCUT2D eigenvalue weighted by atomic mass is 10.1. The van der Waals surface area contributed by atoms with E-state index >= 15 is 0 Å². The molecule has 1 fully saturated rings. The Balaban J connectivity index is 1.81. The molecule has 0 aromatic heterocycles. The Labute approximate surface area is 147 Å². The number of thioether (sulfide) groups is 1. The maximum atomic E-state index is 10.4. The van der Waals surface area contributed by atoms with Crippen molar-refractivity contribution in [1.29, 1.82) is 0 Å². The van der Waals surface area contributed by atoms with Crippen molar-refractivity contribution in [3.8, 4) is 0 Å². The Morgan fingerprint density at radius 2 is 1.61 bits per heavy atom. The van der Waals surface area contributed by atoms with E-state index in [-0.39, 0.29) is 0 Å². The second kappa shape index (κ2) is 13.9. The lowest BCUT2D eigenvalue weighted by Crippen LogP contribution is -1.93. The number of allylic oxidation sites excluding steroid dienone is 2. The normalized spacial score (nSPS) is 20.2. The number of carbonyl (C=O) groups is 1. The highest BCUT2D eigenvalue weighted by Gasteiger charge is 2.35. The predicted octanol–water partition coefficient (Wildman–Crippen LogP) is 6.59. The lowest BCUT2D eigenvalue weighted by Gasteiger charge is -1.99. The number of aliphatic carboxylic acids is 1. The molecule has 134 valence electrons. The van der Waals surface area contributed by atoms with Gasteiger partial charge in [0.05, 0.1) is 0 Å². The summed E-state index contributed by atoms with van der Waals surface area (Å²) in [6.07, 6.45) is 21.6. The minimum Gasteiger partial charge on any atom is -0.481 e. The molecule has 1 saturated heterocycles. The minimum atomic E-state index is -0.664. The summed E-state index contributed by atoms with van der Waals surface area (Å²) in [7, 11) is 0. The third-order valence-electron chi connectivity index (χ3n) is 4.58. The topological polar surface area (TPSA) is 37.3 Å². The first-order valence-electron chi connectivity index (χ1n) is 9.76. The molecule has 0 spiro atoms. The number of carboxylic acids is 1. The van der Waals surface area contributed by atoms with Crippen LogP contribution in [0.4, 0.5) is 0 Å². The molecule has 3 heteroatoms. The van der Waals surface area contributed by atoms with Crippen molar-refractivity contribution < 1.29 is 9.90 Å². The summed E-state index contributed by atoms with van der Waals surface area (Å²) >= 11 is 2.18. The van der Waals surface area contributed by atoms with E-state index in [9.17, 15) is 4.79 Å². The van der Waals surface area contributed by atoms with Crippen LogP contribution in [0.15, 0.2) is 12.2 Å². The van der Waals surface area contributed by atoms with Crippen LogP contribution in [0, 0.1) is 0 Å². The number of unbranched alkanes of at least 4 members (excludes halogenated alkanes) is 9. The van der Waals surface area contributed by atoms with Gasteiger partial charge in [-0.1, -0.05) is 70.4 Å². The van der Waals surface area contributed by atoms with Crippen molar-refractivity contribution in [2.24, 2.45) is 0 Å². The van der Waals surface area contributed by atoms with Gasteiger partial charge in [0.2, 0.25) is 0 Å². The van der Waals surface area contributed by atoms with Crippen molar-refractivity contribution in [1.82, 2.24) is 0 Å². The van der Waals surface area contributed by atoms with Crippen LogP contribution in [0.5, 0.6) is 0 Å². The van der Waals surface area contributed by atoms with Crippen molar-refractivity contribution in [2.45, 2.75) is 107 Å². The molecule has 1 heterocycles. The molecule has 2 atom stereocenters. The highest BCUT2D eigenvalue weighted by Crippen LogP contribution is 2.46. The molecule has 1 rings (SSSR count). The maximum Gasteiger partial charge on any atom is 0.303 e. The van der Waals surface area contributed by atoms with E-state index in [2.05, 4.69) is 30.8 Å². The zero-order valence-electron chi connectivity index (χ0n) is 15.0. The maximum absolute atomic E-state index is 10.4. The summed E-state index contributed by atoms with van der Waals surface area (Å²) in [5.41, 5.74) is 0. The summed E-state index contributed by atoms with van der Waals surface area (Å²) in [5, 5.41) is 10.4. The average molecular weight is 341 g/mol. The molecule has 1 aliphatic heterocycles. The Morgan fingerprint density at radius 1 is 0.913 bits per heavy atom. The Morgan fingerprint density at radius 3 is 2.39 bits per heavy atom. The van der Waals surface area contributed by atoms with Gasteiger partial charge in [-0.25, -0.2) is 0 Å². The summed E-state index contributed by atoms with van der Waals surface area (Å²) in [4.78, 5) is 10.4. The molecular weight excluding hydrogens is 304 g/mol. The fourth-order valence-corrected chi connectivity index (χ4v) is 4.14. The largest absolute Gasteiger partial charge is 0.481 e. The number of carboxylic acid groups (broad SMARTS) is 1. The smallest absolute Gasteiger partial charge is 0.303 e. The van der Waals surface area contributed by atoms with Gasteiger partial charge >= 0.3 is 5.97 Å². The third-order valence-corrected chi connectivity index (χ3v) is 6.05. The van der Waals surface area contributed by atoms with E-state index in [1.165, 1.54) is 57.8 Å². The van der Waals surface area contributed by atoms with Gasteiger partial charge in [0.1, 0.15) is 0 Å². The molecule has 2 nitrogen and oxygen atoms in total. The van der Waals surface area contributed by atoms with E-state index in [0.717, 1.165) is 36.2 Å². The zero-order valence-corrected chi connectivity index (χ0v) is 15.8. The third kappa shape index (κ3) is 12.6. The fraction of sp³-hybridized carbons (Fsp3) is 0.850. The van der Waals surface area contributed by atoms with Gasteiger partial charge in [-0.3, -0.25) is 4.79 Å². The zero-order chi connectivity index (χ0) is 16.8. The van der Waals surface area contributed by atoms with Gasteiger partial charge < -0.3 is 5.11 Å². The summed E-state index contributed by atoms with van der Waals surface area (Å²) < 4.78 is 0. The van der Waals surface area contributed by atoms with E-state index in [0.29, 0.717) is 6.42 Å². The van der Waals surface area contributed by atoms with Crippen LogP contribution in [-0.2, 0) is 4.79 Å². The molecule has 0 aromatic carbocycles. The van der Waals surface area contributed by atoms with Crippen LogP contribution in [0.3, 0.4) is 0 Å². The minimum absolute atomic E-state index is 0.328. The molecule has 0 radical (unpaired) electrons. The van der Waals surface area contributed by atoms with Gasteiger partial charge in [-0.2, -0.15) is 11.8 Å². The molecule has 1 aliphatic rings. The predicted molar refractivity (Wildman–Crippen MR) is 102 cm³/mol. The Bertz CT molecular complexity index is 328. The monoisotopic (exact) mass is 340 g/mol. The first-order valence-corrected chi connectivity index (χ1v) is 10.7. The van der Waals surface area contributed by atoms with Crippen LogP contribution in [-0.4, -0.2) is 21.6 Å². The SMILES string of the molecule is CCCCCCCC[C@@H]1S[C@H]1C/C=C\CCCCCCC(=O)O. The molecule has 1 N–H and O–H groups in total. The Hall–Kier alpha value is -0.440. The number of hydrogen-bond donors (Lipinski definition) is 1. The van der Waals surface area contributed by atoms with Crippen LogP contribution in [0.25, 0.3) is 0 Å². The van der Waals surface area contributed by atoms with E-state index < -0.39 is 5.97 Å². The number of rotatable bonds is 16. The van der Waals surface area contributed by atoms with E-state index in [1.807, 2.05) is 0 Å². The first kappa shape index (κ1) is 20.6. The van der Waals surface area contributed by atoms with Crippen molar-refractivity contribution in [3.63, 3.8) is 0 Å². The molecule has 0 unspecified atom stereocenters. The standard InChI is InChI=1S/C20H36O2S/c1-2-3-4-5-9-12-15-18-19(23-18)16-13-10-7-6-8-11-14-17-20(21)22/h10,13,18-19H,2-9,11-12,14-17H2,1H3,(H,21,22)/b13-10-/t18-,19-/m0/s1. The summed E-state index contributed by atoms with van der Waals surface area (Å²) in [6, 6.07) is 0. The Kier molecular flexibility index (Phi) is 12.5. The van der Waals surface area contributed by atoms with E-state index in [1.54, 1.807) is 0 Å². The van der Waals surface area contributed by atoms with Crippen molar-refractivity contribution >= 4 is 17.7 Å². The van der Waals surface area contributed by atoms with Crippen LogP contribution >= 0.6 is 11.8 Å². The fourth-order valence-electron chi connectivity index (χ4n) is 3.01. The van der Waals surface area contributed by atoms with Gasteiger partial charge in [-0.05, 0) is 32.1 Å². The summed E-state index contributed by atoms with van der Waals surface area (Å²) in [5.74, 6) is -0.664. The highest BCUT2D eigenvalue weighted by molar-refractivity contribution is 8.07. The highest BCUT2D eigenvalue weighted by atomic mass is 32.2. The molecule has 0 aliphatic carbocycles. The average Bonchev–Trinajstić information content (AvgIpc) is 3.27. The molecule has 0 amide bonds. The van der Waals surface area contributed by atoms with Gasteiger partial charge in [0.25, 0.3) is 0 Å².